The molecule has 0 fully saturated rings. The van der Waals surface area contributed by atoms with E-state index in [1.807, 2.05) is 6.07 Å². The van der Waals surface area contributed by atoms with Crippen molar-refractivity contribution in [2.45, 2.75) is 0 Å². The van der Waals surface area contributed by atoms with Gasteiger partial charge in [0.1, 0.15) is 23.0 Å². The van der Waals surface area contributed by atoms with Gasteiger partial charge >= 0.3 is 0 Å². The van der Waals surface area contributed by atoms with Gasteiger partial charge in [-0.2, -0.15) is 0 Å². The van der Waals surface area contributed by atoms with Crippen molar-refractivity contribution in [3.8, 4) is 23.0 Å². The molecule has 5 heteroatoms. The number of hydrogen-bond donors (Lipinski definition) is 4. The molecular formula is C18H17ClO4. The van der Waals surface area contributed by atoms with Crippen LogP contribution in [0.2, 0.25) is 5.02 Å². The lowest BCUT2D eigenvalue weighted by molar-refractivity contribution is 0.450. The Bertz CT molecular complexity index is 664. The van der Waals surface area contributed by atoms with Crippen molar-refractivity contribution in [3.05, 3.63) is 83.9 Å². The molecule has 0 saturated carbocycles. The van der Waals surface area contributed by atoms with Crippen molar-refractivity contribution in [2.24, 2.45) is 0 Å². The van der Waals surface area contributed by atoms with Gasteiger partial charge < -0.3 is 20.4 Å². The third-order valence-electron chi connectivity index (χ3n) is 2.44. The molecule has 0 radical (unpaired) electrons. The van der Waals surface area contributed by atoms with Crippen molar-refractivity contribution in [1.29, 1.82) is 0 Å². The fourth-order valence-electron chi connectivity index (χ4n) is 1.37. The van der Waals surface area contributed by atoms with E-state index in [1.54, 1.807) is 54.6 Å². The Labute approximate surface area is 139 Å². The molecule has 3 aromatic rings. The van der Waals surface area contributed by atoms with Gasteiger partial charge in [-0.1, -0.05) is 48.0 Å². The van der Waals surface area contributed by atoms with Crippen LogP contribution in [0.4, 0.5) is 0 Å². The Morgan fingerprint density at radius 1 is 0.522 bits per heavy atom. The van der Waals surface area contributed by atoms with Crippen molar-refractivity contribution < 1.29 is 20.4 Å². The Hall–Kier alpha value is -2.85. The fourth-order valence-corrected chi connectivity index (χ4v) is 1.51. The van der Waals surface area contributed by atoms with Crippen LogP contribution in [0, 0.1) is 0 Å². The van der Waals surface area contributed by atoms with Crippen LogP contribution in [0.5, 0.6) is 23.0 Å². The zero-order valence-corrected chi connectivity index (χ0v) is 12.9. The minimum atomic E-state index is 0.0880. The third kappa shape index (κ3) is 8.24. The van der Waals surface area contributed by atoms with E-state index >= 15 is 0 Å². The summed E-state index contributed by atoms with van der Waals surface area (Å²) in [6.45, 7) is 0. The van der Waals surface area contributed by atoms with Crippen LogP contribution in [-0.4, -0.2) is 20.4 Å². The molecule has 0 amide bonds. The minimum absolute atomic E-state index is 0.0880. The van der Waals surface area contributed by atoms with Crippen molar-refractivity contribution in [1.82, 2.24) is 0 Å². The number of phenols is 4. The molecule has 120 valence electrons. The maximum atomic E-state index is 8.79. The van der Waals surface area contributed by atoms with Crippen molar-refractivity contribution in [3.63, 3.8) is 0 Å². The number of hydrogen-bond acceptors (Lipinski definition) is 4. The highest BCUT2D eigenvalue weighted by atomic mass is 35.5. The van der Waals surface area contributed by atoms with E-state index in [-0.39, 0.29) is 17.2 Å². The summed E-state index contributed by atoms with van der Waals surface area (Å²) in [6.07, 6.45) is 0. The minimum Gasteiger partial charge on any atom is -0.508 e. The highest BCUT2D eigenvalue weighted by molar-refractivity contribution is 6.31. The normalized spacial score (nSPS) is 8.91. The Morgan fingerprint density at radius 2 is 1.00 bits per heavy atom. The van der Waals surface area contributed by atoms with Gasteiger partial charge in [0.25, 0.3) is 0 Å². The number of rotatable bonds is 0. The molecule has 0 aliphatic heterocycles. The van der Waals surface area contributed by atoms with E-state index < -0.39 is 0 Å². The van der Waals surface area contributed by atoms with Crippen LogP contribution < -0.4 is 0 Å². The van der Waals surface area contributed by atoms with Crippen LogP contribution in [0.3, 0.4) is 0 Å². The Balaban J connectivity index is 0.000000173. The van der Waals surface area contributed by atoms with Crippen LogP contribution in [0.1, 0.15) is 0 Å². The van der Waals surface area contributed by atoms with E-state index in [4.69, 9.17) is 32.0 Å². The molecule has 0 bridgehead atoms. The smallest absolute Gasteiger partial charge is 0.134 e. The van der Waals surface area contributed by atoms with E-state index in [2.05, 4.69) is 0 Å². The molecule has 0 aliphatic rings. The number of para-hydroxylation sites is 2. The standard InChI is InChI=1S/C6H5ClO.C6H6O2.C6H6O/c7-5-3-1-2-4-6(5)8;7-5-2-1-3-6(8)4-5;7-6-4-2-1-3-5-6/h1-4,8H;1-4,7-8H;1-5,7H. The molecule has 0 unspecified atom stereocenters. The van der Waals surface area contributed by atoms with Crippen LogP contribution >= 0.6 is 11.6 Å². The van der Waals surface area contributed by atoms with Crippen LogP contribution in [-0.2, 0) is 0 Å². The second-order valence-electron chi connectivity index (χ2n) is 4.31. The quantitative estimate of drug-likeness (QED) is 0.487. The summed E-state index contributed by atoms with van der Waals surface area (Å²) in [4.78, 5) is 0. The number of phenolic OH excluding ortho intramolecular Hbond substituents is 4. The van der Waals surface area contributed by atoms with E-state index in [1.165, 1.54) is 18.2 Å². The molecule has 0 saturated heterocycles. The summed E-state index contributed by atoms with van der Waals surface area (Å²) in [5, 5.41) is 35.1. The van der Waals surface area contributed by atoms with Gasteiger partial charge in [0.05, 0.1) is 5.02 Å². The number of halogens is 1. The van der Waals surface area contributed by atoms with Gasteiger partial charge in [-0.15, -0.1) is 0 Å². The molecule has 3 rings (SSSR count). The molecular weight excluding hydrogens is 316 g/mol. The predicted octanol–water partition coefficient (Wildman–Crippen LogP) is 4.54. The summed E-state index contributed by atoms with van der Waals surface area (Å²) in [5.74, 6) is 0.631. The van der Waals surface area contributed by atoms with Crippen LogP contribution in [0.25, 0.3) is 0 Å². The molecule has 0 atom stereocenters. The first-order valence-corrected chi connectivity index (χ1v) is 7.02. The molecule has 0 aliphatic carbocycles. The first-order valence-electron chi connectivity index (χ1n) is 6.64. The molecule has 4 N–H and O–H groups in total. The maximum absolute atomic E-state index is 8.79. The first kappa shape index (κ1) is 18.2. The van der Waals surface area contributed by atoms with E-state index in [0.717, 1.165) is 0 Å². The van der Waals surface area contributed by atoms with Gasteiger partial charge in [0.2, 0.25) is 0 Å². The molecule has 0 spiro atoms. The van der Waals surface area contributed by atoms with Gasteiger partial charge in [-0.3, -0.25) is 0 Å². The first-order chi connectivity index (χ1) is 11.0. The predicted molar refractivity (Wildman–Crippen MR) is 91.0 cm³/mol. The van der Waals surface area contributed by atoms with E-state index in [0.29, 0.717) is 10.8 Å². The van der Waals surface area contributed by atoms with Crippen LogP contribution in [0.15, 0.2) is 78.9 Å². The summed E-state index contributed by atoms with van der Waals surface area (Å²) in [6, 6.07) is 21.2. The topological polar surface area (TPSA) is 80.9 Å². The lowest BCUT2D eigenvalue weighted by atomic mass is 10.3. The van der Waals surface area contributed by atoms with Gasteiger partial charge in [-0.05, 0) is 36.4 Å². The average Bonchev–Trinajstić information content (AvgIpc) is 2.52. The summed E-state index contributed by atoms with van der Waals surface area (Å²) >= 11 is 5.46. The van der Waals surface area contributed by atoms with Crippen molar-refractivity contribution >= 4 is 11.6 Å². The Kier molecular flexibility index (Phi) is 7.89. The molecule has 4 nitrogen and oxygen atoms in total. The fraction of sp³-hybridized carbons (Fsp3) is 0. The van der Waals surface area contributed by atoms with Gasteiger partial charge in [0, 0.05) is 6.07 Å². The second kappa shape index (κ2) is 9.97. The third-order valence-corrected chi connectivity index (χ3v) is 2.76. The highest BCUT2D eigenvalue weighted by Crippen LogP contribution is 2.20. The number of benzene rings is 3. The lowest BCUT2D eigenvalue weighted by Gasteiger charge is -1.89. The average molecular weight is 333 g/mol. The summed E-state index contributed by atoms with van der Waals surface area (Å²) in [5.41, 5.74) is 0. The van der Waals surface area contributed by atoms with Gasteiger partial charge in [0.15, 0.2) is 0 Å². The lowest BCUT2D eigenvalue weighted by Crippen LogP contribution is -1.62. The number of aromatic hydroxyl groups is 4. The van der Waals surface area contributed by atoms with Crippen molar-refractivity contribution in [2.75, 3.05) is 0 Å². The monoisotopic (exact) mass is 332 g/mol. The zero-order chi connectivity index (χ0) is 17.1. The second-order valence-corrected chi connectivity index (χ2v) is 4.71. The Morgan fingerprint density at radius 3 is 1.30 bits per heavy atom. The van der Waals surface area contributed by atoms with Gasteiger partial charge in [-0.25, -0.2) is 0 Å². The van der Waals surface area contributed by atoms with E-state index in [9.17, 15) is 0 Å². The largest absolute Gasteiger partial charge is 0.508 e. The molecule has 0 heterocycles. The maximum Gasteiger partial charge on any atom is 0.134 e. The SMILES string of the molecule is Oc1cccc(O)c1.Oc1ccccc1.Oc1ccccc1Cl. The molecule has 3 aromatic carbocycles. The molecule has 23 heavy (non-hydrogen) atoms. The summed E-state index contributed by atoms with van der Waals surface area (Å²) in [7, 11) is 0. The molecule has 0 aromatic heterocycles. The highest BCUT2D eigenvalue weighted by Gasteiger charge is 1.89. The summed E-state index contributed by atoms with van der Waals surface area (Å²) < 4.78 is 0. The zero-order valence-electron chi connectivity index (χ0n) is 12.2.